The van der Waals surface area contributed by atoms with Crippen LogP contribution in [-0.4, -0.2) is 219 Å². The molecular weight excluding hydrogens is 1010 g/mol. The van der Waals surface area contributed by atoms with E-state index in [2.05, 4.69) is 10.3 Å². The number of esters is 1. The fourth-order valence-corrected chi connectivity index (χ4v) is 12.6. The van der Waals surface area contributed by atoms with Crippen molar-refractivity contribution in [3.63, 3.8) is 0 Å². The second-order valence-electron chi connectivity index (χ2n) is 22.6. The molecule has 1 aromatic carbocycles. The molecule has 0 spiro atoms. The molecule has 0 saturated carbocycles. The van der Waals surface area contributed by atoms with E-state index in [0.29, 0.717) is 54.4 Å². The summed E-state index contributed by atoms with van der Waals surface area (Å²) in [6.45, 7) is 17.7. The van der Waals surface area contributed by atoms with Gasteiger partial charge in [0.15, 0.2) is 17.5 Å². The molecule has 3 aliphatic rings. The number of rotatable bonds is 19. The molecule has 5 rings (SSSR count). The molecule has 0 bridgehead atoms. The van der Waals surface area contributed by atoms with Crippen molar-refractivity contribution in [1.29, 1.82) is 0 Å². The number of halogens is 1. The molecule has 20 nitrogen and oxygen atoms in total. The minimum Gasteiger partial charge on any atom is -0.611 e. The molecule has 3 aliphatic heterocycles. The van der Waals surface area contributed by atoms with Gasteiger partial charge in [-0.25, -0.2) is 9.07 Å². The molecule has 1 aromatic heterocycles. The van der Waals surface area contributed by atoms with Gasteiger partial charge in [0.2, 0.25) is 0 Å². The highest BCUT2D eigenvalue weighted by Gasteiger charge is 2.53. The average molecular weight is 1100 g/mol. The van der Waals surface area contributed by atoms with Crippen LogP contribution < -0.4 is 0 Å². The van der Waals surface area contributed by atoms with Crippen LogP contribution in [0.2, 0.25) is 0 Å². The Morgan fingerprint density at radius 2 is 1.66 bits per heavy atom. The van der Waals surface area contributed by atoms with E-state index in [9.17, 15) is 39.3 Å². The number of methoxy groups -OCH3 is 3. The predicted octanol–water partition coefficient (Wildman–Crippen LogP) is 3.76. The van der Waals surface area contributed by atoms with E-state index < -0.39 is 138 Å². The van der Waals surface area contributed by atoms with Crippen LogP contribution in [0, 0.1) is 17.8 Å². The molecule has 0 amide bonds. The first kappa shape index (κ1) is 64.3. The monoisotopic (exact) mass is 1100 g/mol. The number of carbonyl (C=O) groups is 1. The third-order valence-electron chi connectivity index (χ3n) is 16.4. The van der Waals surface area contributed by atoms with Gasteiger partial charge in [-0.2, -0.15) is 0 Å². The first-order valence-corrected chi connectivity index (χ1v) is 28.2. The number of alkyl halides is 1. The molecule has 2 aromatic rings. The lowest BCUT2D eigenvalue weighted by atomic mass is 9.77. The summed E-state index contributed by atoms with van der Waals surface area (Å²) in [6, 6.07) is 5.07. The molecule has 22 heteroatoms. The highest BCUT2D eigenvalue weighted by Crippen LogP contribution is 2.41. The molecule has 0 radical (unpaired) electrons. The maximum absolute atomic E-state index is 14.9. The number of cyclic esters (lactones) is 1. The number of nitrogens with zero attached hydrogens (tertiary/aromatic N) is 5. The van der Waals surface area contributed by atoms with Crippen LogP contribution in [-0.2, 0) is 60.3 Å². The summed E-state index contributed by atoms with van der Waals surface area (Å²) in [6.07, 6.45) is -8.25. The highest BCUT2D eigenvalue weighted by molar-refractivity contribution is 7.91. The first-order chi connectivity index (χ1) is 35.7. The Kier molecular flexibility index (Phi) is 23.5. The lowest BCUT2D eigenvalue weighted by Crippen LogP contribution is -2.61. The van der Waals surface area contributed by atoms with E-state index in [0.717, 1.165) is 0 Å². The van der Waals surface area contributed by atoms with Gasteiger partial charge in [0.25, 0.3) is 0 Å². The van der Waals surface area contributed by atoms with Gasteiger partial charge in [-0.3, -0.25) is 4.79 Å². The van der Waals surface area contributed by atoms with E-state index in [1.807, 2.05) is 37.7 Å². The van der Waals surface area contributed by atoms with Crippen molar-refractivity contribution in [1.82, 2.24) is 24.8 Å². The third kappa shape index (κ3) is 15.3. The Morgan fingerprint density at radius 3 is 2.26 bits per heavy atom. The second-order valence-corrected chi connectivity index (χ2v) is 24.2. The SMILES string of the molecule is CC[C@H]1OC(=O)[C@H](C)[C@@H](O[C@H]2C[C@@](C)(OC)[C@@H](O)[C@H](C)O2)[C@H](C)[C@@H](O[C@@H]2O[C@H](C)C[C@H](N(C)CCc3cn([C@H](CF)[C@H](OC)c4ccc([S+]([O-])CCOC)cc4)nn3)[C@H]2O)[C@](C)(O)C[C@@H](C)CN(C)[C@H](C)[C@@H](O)[C@]1(C)O. The topological polar surface area (TPSA) is 252 Å². The van der Waals surface area contributed by atoms with Crippen molar-refractivity contribution < 1.29 is 77.2 Å². The lowest BCUT2D eigenvalue weighted by Gasteiger charge is -2.49. The fraction of sp³-hybridized carbons (Fsp3) is 0.833. The Bertz CT molecular complexity index is 2080. The van der Waals surface area contributed by atoms with Gasteiger partial charge in [0, 0.05) is 71.5 Å². The van der Waals surface area contributed by atoms with Gasteiger partial charge >= 0.3 is 5.97 Å². The third-order valence-corrected chi connectivity index (χ3v) is 17.8. The molecule has 1 unspecified atom stereocenters. The Morgan fingerprint density at radius 1 is 0.987 bits per heavy atom. The molecule has 436 valence electrons. The zero-order valence-electron chi connectivity index (χ0n) is 47.6. The van der Waals surface area contributed by atoms with Crippen LogP contribution in [0.4, 0.5) is 4.39 Å². The van der Waals surface area contributed by atoms with Crippen LogP contribution in [0.1, 0.15) is 118 Å². The van der Waals surface area contributed by atoms with Crippen LogP contribution in [0.5, 0.6) is 0 Å². The van der Waals surface area contributed by atoms with Crippen molar-refractivity contribution in [3.8, 4) is 0 Å². The Hall–Kier alpha value is -2.49. The molecular formula is C54H92FN5O15S. The van der Waals surface area contributed by atoms with Gasteiger partial charge in [0.05, 0.1) is 53.8 Å². The maximum Gasteiger partial charge on any atom is 0.311 e. The smallest absolute Gasteiger partial charge is 0.311 e. The van der Waals surface area contributed by atoms with Crippen LogP contribution >= 0.6 is 0 Å². The molecule has 3 fully saturated rings. The second kappa shape index (κ2) is 27.8. The van der Waals surface area contributed by atoms with E-state index >= 15 is 0 Å². The van der Waals surface area contributed by atoms with Gasteiger partial charge in [-0.1, -0.05) is 38.1 Å². The van der Waals surface area contributed by atoms with E-state index in [-0.39, 0.29) is 25.2 Å². The van der Waals surface area contributed by atoms with Crippen molar-refractivity contribution >= 4 is 17.1 Å². The number of aromatic nitrogens is 3. The zero-order valence-corrected chi connectivity index (χ0v) is 48.4. The Balaban J connectivity index is 1.42. The van der Waals surface area contributed by atoms with E-state index in [1.165, 1.54) is 25.8 Å². The lowest BCUT2D eigenvalue weighted by molar-refractivity contribution is -0.318. The average Bonchev–Trinajstić information content (AvgIpc) is 3.85. The summed E-state index contributed by atoms with van der Waals surface area (Å²) < 4.78 is 78.1. The summed E-state index contributed by atoms with van der Waals surface area (Å²) >= 11 is -1.25. The van der Waals surface area contributed by atoms with Gasteiger partial charge in [0.1, 0.15) is 54.6 Å². The number of carbonyl (C=O) groups excluding carboxylic acids is 1. The van der Waals surface area contributed by atoms with Gasteiger partial charge in [-0.05, 0) is 117 Å². The summed E-state index contributed by atoms with van der Waals surface area (Å²) in [7, 11) is 8.24. The van der Waals surface area contributed by atoms with Crippen LogP contribution in [0.25, 0.3) is 0 Å². The zero-order chi connectivity index (χ0) is 56.6. The largest absolute Gasteiger partial charge is 0.611 e. The standard InChI is InChI=1S/C54H92FN5O15S/c1-16-42-54(10,66)47(62)35(6)59(12)29-31(2)26-52(8,65)49(33(4)45(34(5)50(64)73-42)74-43-27-53(9,70-15)48(63)36(7)72-43)75-51-44(61)40(25-32(3)71-51)58(11)22-21-38-30-60(57-56-38)41(28-55)46(69-14)37-17-19-39(20-18-37)76(67)24-23-68-13/h17-20,30-36,40-49,51,61-63,65-66H,16,21-29H2,1-15H3/t31-,32-,33+,34-,35-,36+,40+,41-,42-,43+,44-,45+,46-,47-,48+,49-,51+,52-,53-,54-,76?/m1/s1. The summed E-state index contributed by atoms with van der Waals surface area (Å²) in [5, 5.41) is 68.5. The normalized spacial score (nSPS) is 39.0. The number of hydrogen-bond donors (Lipinski definition) is 5. The van der Waals surface area contributed by atoms with E-state index in [4.69, 9.17) is 37.9 Å². The van der Waals surface area contributed by atoms with Crippen LogP contribution in [0.3, 0.4) is 0 Å². The number of aliphatic hydroxyl groups is 5. The number of hydrogen-bond acceptors (Lipinski definition) is 19. The minimum atomic E-state index is -1.86. The predicted molar refractivity (Wildman–Crippen MR) is 281 cm³/mol. The highest BCUT2D eigenvalue weighted by atomic mass is 32.2. The van der Waals surface area contributed by atoms with Crippen LogP contribution in [0.15, 0.2) is 35.4 Å². The number of ether oxygens (including phenoxy) is 8. The maximum atomic E-state index is 14.9. The number of benzene rings is 1. The molecule has 3 saturated heterocycles. The summed E-state index contributed by atoms with van der Waals surface area (Å²) in [4.78, 5) is 19.0. The number of aliphatic hydroxyl groups excluding tert-OH is 3. The molecule has 5 N–H and O–H groups in total. The molecule has 76 heavy (non-hydrogen) atoms. The van der Waals surface area contributed by atoms with Crippen molar-refractivity contribution in [2.24, 2.45) is 17.8 Å². The minimum absolute atomic E-state index is 0.0770. The van der Waals surface area contributed by atoms with Crippen molar-refractivity contribution in [3.05, 3.63) is 41.7 Å². The fourth-order valence-electron chi connectivity index (χ4n) is 11.6. The van der Waals surface area contributed by atoms with Gasteiger partial charge in [-0.15, -0.1) is 5.10 Å². The summed E-state index contributed by atoms with van der Waals surface area (Å²) in [5.74, 6) is -2.56. The molecule has 0 aliphatic carbocycles. The molecule has 21 atom stereocenters. The number of likely N-dealkylation sites (N-methyl/N-ethyl adjacent to an activating group) is 2. The van der Waals surface area contributed by atoms with Crippen molar-refractivity contribution in [2.45, 2.75) is 209 Å². The quantitative estimate of drug-likeness (QED) is 0.0992. The van der Waals surface area contributed by atoms with Gasteiger partial charge < -0.3 is 77.8 Å². The van der Waals surface area contributed by atoms with Crippen molar-refractivity contribution in [2.75, 3.05) is 67.5 Å². The first-order valence-electron chi connectivity index (χ1n) is 26.9. The summed E-state index contributed by atoms with van der Waals surface area (Å²) in [5.41, 5.74) is -3.35. The Labute approximate surface area is 453 Å². The molecule has 4 heterocycles. The van der Waals surface area contributed by atoms with E-state index in [1.54, 1.807) is 86.0 Å².